The molecule has 0 aromatic carbocycles. The molecule has 8 nitrogen and oxygen atoms in total. The number of rotatable bonds is 3. The monoisotopic (exact) mass is 357 g/mol. The van der Waals surface area contributed by atoms with Crippen molar-refractivity contribution in [2.45, 2.75) is 38.0 Å². The Morgan fingerprint density at radius 1 is 1.50 bits per heavy atom. The number of halogens is 1. The molecule has 0 bridgehead atoms. The molecule has 2 amide bonds. The zero-order valence-corrected chi connectivity index (χ0v) is 14.7. The van der Waals surface area contributed by atoms with Gasteiger partial charge in [-0.25, -0.2) is 0 Å². The van der Waals surface area contributed by atoms with E-state index in [0.717, 1.165) is 12.1 Å². The highest BCUT2D eigenvalue weighted by atomic mass is 35.5. The fourth-order valence-electron chi connectivity index (χ4n) is 3.10. The summed E-state index contributed by atoms with van der Waals surface area (Å²) in [6, 6.07) is -0.905. The van der Waals surface area contributed by atoms with Crippen LogP contribution in [-0.2, 0) is 21.4 Å². The second kappa shape index (κ2) is 7.96. The summed E-state index contributed by atoms with van der Waals surface area (Å²) < 4.78 is 7.15. The van der Waals surface area contributed by atoms with Gasteiger partial charge in [-0.05, 0) is 19.8 Å². The van der Waals surface area contributed by atoms with E-state index in [2.05, 4.69) is 15.7 Å². The molecule has 2 N–H and O–H groups in total. The largest absolute Gasteiger partial charge is 0.375 e. The number of carbonyl (C=O) groups is 2. The number of ether oxygens (including phenoxy) is 1. The maximum atomic E-state index is 12.7. The topological polar surface area (TPSA) is 88.5 Å². The average molecular weight is 358 g/mol. The van der Waals surface area contributed by atoms with E-state index in [1.165, 1.54) is 0 Å². The van der Waals surface area contributed by atoms with Crippen LogP contribution in [0.4, 0.5) is 5.69 Å². The fraction of sp³-hybridized carbons (Fsp3) is 0.667. The van der Waals surface area contributed by atoms with Gasteiger partial charge in [0.2, 0.25) is 11.8 Å². The Morgan fingerprint density at radius 2 is 2.29 bits per heavy atom. The summed E-state index contributed by atoms with van der Waals surface area (Å²) in [7, 11) is 1.81. The van der Waals surface area contributed by atoms with Gasteiger partial charge >= 0.3 is 0 Å². The second-order valence-electron chi connectivity index (χ2n) is 6.07. The van der Waals surface area contributed by atoms with Crippen LogP contribution in [0.25, 0.3) is 0 Å². The Morgan fingerprint density at radius 3 is 2.96 bits per heavy atom. The highest BCUT2D eigenvalue weighted by molar-refractivity contribution is 6.00. The molecule has 0 aliphatic carbocycles. The van der Waals surface area contributed by atoms with Gasteiger partial charge in [0.1, 0.15) is 12.1 Å². The van der Waals surface area contributed by atoms with Gasteiger partial charge in [-0.15, -0.1) is 12.4 Å². The first kappa shape index (κ1) is 18.7. The zero-order valence-electron chi connectivity index (χ0n) is 13.9. The van der Waals surface area contributed by atoms with Gasteiger partial charge in [0.15, 0.2) is 0 Å². The molecular weight excluding hydrogens is 334 g/mol. The molecule has 3 heterocycles. The minimum atomic E-state index is -0.493. The molecule has 9 heteroatoms. The van der Waals surface area contributed by atoms with Crippen molar-refractivity contribution in [2.24, 2.45) is 7.05 Å². The van der Waals surface area contributed by atoms with E-state index in [1.54, 1.807) is 22.0 Å². The Bertz CT molecular complexity index is 593. The standard InChI is InChI=1S/C15H23N5O3.ClH/c1-10-13(16-5-7-23-10)14(21)18-12-4-3-6-20(15(12)22)11-8-17-19(2)9-11;/h8-10,12-13,16H,3-7H2,1-2H3,(H,18,21);1H/t10-,12?,13+;/m1./s1. The summed E-state index contributed by atoms with van der Waals surface area (Å²) >= 11 is 0. The number of hydrogen-bond donors (Lipinski definition) is 2. The van der Waals surface area contributed by atoms with Crippen molar-refractivity contribution in [1.82, 2.24) is 20.4 Å². The van der Waals surface area contributed by atoms with E-state index in [-0.39, 0.29) is 30.3 Å². The van der Waals surface area contributed by atoms with Crippen LogP contribution in [0.5, 0.6) is 0 Å². The number of nitrogens with zero attached hydrogens (tertiary/aromatic N) is 3. The molecule has 2 saturated heterocycles. The zero-order chi connectivity index (χ0) is 16.4. The van der Waals surface area contributed by atoms with E-state index in [0.29, 0.717) is 26.1 Å². The van der Waals surface area contributed by atoms with Crippen LogP contribution < -0.4 is 15.5 Å². The summed E-state index contributed by atoms with van der Waals surface area (Å²) in [4.78, 5) is 26.8. The van der Waals surface area contributed by atoms with Crippen LogP contribution in [0.3, 0.4) is 0 Å². The third-order valence-electron chi connectivity index (χ3n) is 4.36. The van der Waals surface area contributed by atoms with Gasteiger partial charge in [-0.3, -0.25) is 14.3 Å². The highest BCUT2D eigenvalue weighted by Gasteiger charge is 2.35. The molecule has 3 rings (SSSR count). The lowest BCUT2D eigenvalue weighted by molar-refractivity contribution is -0.133. The number of morpholine rings is 1. The van der Waals surface area contributed by atoms with Crippen molar-refractivity contribution in [3.05, 3.63) is 12.4 Å². The maximum absolute atomic E-state index is 12.7. The van der Waals surface area contributed by atoms with Crippen LogP contribution in [0.1, 0.15) is 19.8 Å². The first-order chi connectivity index (χ1) is 11.1. The highest BCUT2D eigenvalue weighted by Crippen LogP contribution is 2.20. The summed E-state index contributed by atoms with van der Waals surface area (Å²) in [6.45, 7) is 3.75. The van der Waals surface area contributed by atoms with Crippen LogP contribution in [0, 0.1) is 0 Å². The predicted molar refractivity (Wildman–Crippen MR) is 91.2 cm³/mol. The normalized spacial score (nSPS) is 27.5. The van der Waals surface area contributed by atoms with E-state index >= 15 is 0 Å². The summed E-state index contributed by atoms with van der Waals surface area (Å²) in [6.07, 6.45) is 4.78. The lowest BCUT2D eigenvalue weighted by Gasteiger charge is -2.34. The quantitative estimate of drug-likeness (QED) is 0.784. The Kier molecular flexibility index (Phi) is 6.20. The van der Waals surface area contributed by atoms with E-state index in [9.17, 15) is 9.59 Å². The smallest absolute Gasteiger partial charge is 0.249 e. The molecule has 134 valence electrons. The van der Waals surface area contributed by atoms with Crippen molar-refractivity contribution in [3.63, 3.8) is 0 Å². The van der Waals surface area contributed by atoms with E-state index in [4.69, 9.17) is 4.74 Å². The van der Waals surface area contributed by atoms with Crippen LogP contribution in [0.2, 0.25) is 0 Å². The minimum absolute atomic E-state index is 0. The number of hydrogen-bond acceptors (Lipinski definition) is 5. The maximum Gasteiger partial charge on any atom is 0.249 e. The van der Waals surface area contributed by atoms with Gasteiger partial charge in [0.25, 0.3) is 0 Å². The number of aromatic nitrogens is 2. The number of nitrogens with one attached hydrogen (secondary N) is 2. The van der Waals surface area contributed by atoms with E-state index in [1.807, 2.05) is 14.0 Å². The molecular formula is C15H24ClN5O3. The van der Waals surface area contributed by atoms with Gasteiger partial charge in [0, 0.05) is 26.3 Å². The molecule has 1 unspecified atom stereocenters. The van der Waals surface area contributed by atoms with Gasteiger partial charge in [-0.1, -0.05) is 0 Å². The minimum Gasteiger partial charge on any atom is -0.375 e. The fourth-order valence-corrected chi connectivity index (χ4v) is 3.10. The van der Waals surface area contributed by atoms with Gasteiger partial charge in [0.05, 0.1) is 24.6 Å². The number of carbonyl (C=O) groups excluding carboxylic acids is 2. The van der Waals surface area contributed by atoms with Crippen molar-refractivity contribution in [1.29, 1.82) is 0 Å². The van der Waals surface area contributed by atoms with Gasteiger partial charge < -0.3 is 20.3 Å². The Hall–Kier alpha value is -1.64. The molecule has 2 fully saturated rings. The molecule has 24 heavy (non-hydrogen) atoms. The van der Waals surface area contributed by atoms with Crippen LogP contribution in [0.15, 0.2) is 12.4 Å². The van der Waals surface area contributed by atoms with Crippen molar-refractivity contribution < 1.29 is 14.3 Å². The molecule has 0 radical (unpaired) electrons. The molecule has 0 spiro atoms. The van der Waals surface area contributed by atoms with E-state index < -0.39 is 12.1 Å². The Balaban J connectivity index is 0.00000208. The summed E-state index contributed by atoms with van der Waals surface area (Å²) in [5.41, 5.74) is 0.768. The molecule has 1 aromatic rings. The summed E-state index contributed by atoms with van der Waals surface area (Å²) in [5.74, 6) is -0.259. The lowest BCUT2D eigenvalue weighted by Crippen LogP contribution is -2.60. The number of amides is 2. The SMILES string of the molecule is C[C@H]1OCCN[C@@H]1C(=O)NC1CCCN(c2cnn(C)c2)C1=O.Cl. The number of piperidine rings is 1. The number of anilines is 1. The van der Waals surface area contributed by atoms with Crippen molar-refractivity contribution >= 4 is 29.9 Å². The first-order valence-electron chi connectivity index (χ1n) is 8.01. The van der Waals surface area contributed by atoms with Crippen LogP contribution in [-0.4, -0.2) is 59.5 Å². The Labute approximate surface area is 147 Å². The predicted octanol–water partition coefficient (Wildman–Crippen LogP) is -0.170. The molecule has 1 aromatic heterocycles. The first-order valence-corrected chi connectivity index (χ1v) is 8.01. The molecule has 2 aliphatic heterocycles. The second-order valence-corrected chi connectivity index (χ2v) is 6.07. The summed E-state index contributed by atoms with van der Waals surface area (Å²) in [5, 5.41) is 10.1. The molecule has 3 atom stereocenters. The molecule has 2 aliphatic rings. The van der Waals surface area contributed by atoms with Crippen molar-refractivity contribution in [3.8, 4) is 0 Å². The third-order valence-corrected chi connectivity index (χ3v) is 4.36. The molecule has 0 saturated carbocycles. The van der Waals surface area contributed by atoms with Gasteiger partial charge in [-0.2, -0.15) is 5.10 Å². The number of aryl methyl sites for hydroxylation is 1. The van der Waals surface area contributed by atoms with Crippen molar-refractivity contribution in [2.75, 3.05) is 24.6 Å². The lowest BCUT2D eigenvalue weighted by atomic mass is 10.0. The van der Waals surface area contributed by atoms with Crippen LogP contribution >= 0.6 is 12.4 Å². The average Bonchev–Trinajstić information content (AvgIpc) is 2.96. The third kappa shape index (κ3) is 3.88.